The molecule has 0 radical (unpaired) electrons. The maximum Gasteiger partial charge on any atom is 0.252 e. The third-order valence-electron chi connectivity index (χ3n) is 2.23. The molecule has 1 aromatic carbocycles. The SMILES string of the molecule is CC(Br)CC(C)NC(=O)c1cc(Cl)ccc1Br. The van der Waals surface area contributed by atoms with Crippen LogP contribution in [0.25, 0.3) is 0 Å². The topological polar surface area (TPSA) is 29.1 Å². The fourth-order valence-corrected chi connectivity index (χ4v) is 2.68. The van der Waals surface area contributed by atoms with Gasteiger partial charge in [-0.25, -0.2) is 0 Å². The summed E-state index contributed by atoms with van der Waals surface area (Å²) >= 11 is 12.7. The third kappa shape index (κ3) is 4.98. The van der Waals surface area contributed by atoms with Crippen molar-refractivity contribution < 1.29 is 4.79 Å². The van der Waals surface area contributed by atoms with Crippen molar-refractivity contribution in [3.05, 3.63) is 33.3 Å². The first-order valence-electron chi connectivity index (χ1n) is 5.30. The standard InChI is InChI=1S/C12H14Br2ClNO/c1-7(13)5-8(2)16-12(17)10-6-9(15)3-4-11(10)14/h3-4,6-8H,5H2,1-2H3,(H,16,17). The lowest BCUT2D eigenvalue weighted by Crippen LogP contribution is -2.34. The number of benzene rings is 1. The van der Waals surface area contributed by atoms with E-state index in [1.165, 1.54) is 0 Å². The zero-order chi connectivity index (χ0) is 13.0. The summed E-state index contributed by atoms with van der Waals surface area (Å²) < 4.78 is 0.749. The summed E-state index contributed by atoms with van der Waals surface area (Å²) in [6.07, 6.45) is 0.879. The van der Waals surface area contributed by atoms with E-state index in [0.717, 1.165) is 10.9 Å². The molecule has 0 aliphatic carbocycles. The number of amides is 1. The average Bonchev–Trinajstić information content (AvgIpc) is 2.20. The molecule has 0 aliphatic heterocycles. The van der Waals surface area contributed by atoms with Crippen LogP contribution < -0.4 is 5.32 Å². The normalized spacial score (nSPS) is 14.2. The van der Waals surface area contributed by atoms with Gasteiger partial charge >= 0.3 is 0 Å². The summed E-state index contributed by atoms with van der Waals surface area (Å²) in [5.41, 5.74) is 0.562. The first-order chi connectivity index (χ1) is 7.90. The Labute approximate surface area is 123 Å². The van der Waals surface area contributed by atoms with Crippen molar-refractivity contribution in [3.8, 4) is 0 Å². The molecule has 0 aliphatic rings. The number of nitrogens with one attached hydrogen (secondary N) is 1. The van der Waals surface area contributed by atoms with Crippen molar-refractivity contribution in [3.63, 3.8) is 0 Å². The number of halogens is 3. The molecular weight excluding hydrogens is 369 g/mol. The maximum absolute atomic E-state index is 12.0. The second-order valence-corrected chi connectivity index (χ2v) is 6.87. The molecule has 0 heterocycles. The molecule has 0 spiro atoms. The van der Waals surface area contributed by atoms with E-state index < -0.39 is 0 Å². The van der Waals surface area contributed by atoms with Crippen molar-refractivity contribution in [1.29, 1.82) is 0 Å². The Bertz CT molecular complexity index is 409. The smallest absolute Gasteiger partial charge is 0.252 e. The second kappa shape index (κ2) is 6.76. The maximum atomic E-state index is 12.0. The number of carbonyl (C=O) groups is 1. The van der Waals surface area contributed by atoms with Crippen molar-refractivity contribution >= 4 is 49.4 Å². The Hall–Kier alpha value is -0.0600. The van der Waals surface area contributed by atoms with Crippen LogP contribution >= 0.6 is 43.5 Å². The van der Waals surface area contributed by atoms with Crippen LogP contribution in [0.1, 0.15) is 30.6 Å². The zero-order valence-corrected chi connectivity index (χ0v) is 13.6. The highest BCUT2D eigenvalue weighted by atomic mass is 79.9. The summed E-state index contributed by atoms with van der Waals surface area (Å²) in [4.78, 5) is 12.4. The van der Waals surface area contributed by atoms with Crippen LogP contribution in [0.4, 0.5) is 0 Å². The highest BCUT2D eigenvalue weighted by Gasteiger charge is 2.14. The minimum Gasteiger partial charge on any atom is -0.350 e. The molecule has 1 amide bonds. The zero-order valence-electron chi connectivity index (χ0n) is 9.64. The van der Waals surface area contributed by atoms with Gasteiger partial charge in [-0.05, 0) is 47.5 Å². The van der Waals surface area contributed by atoms with Crippen LogP contribution in [-0.4, -0.2) is 16.8 Å². The Morgan fingerprint density at radius 3 is 2.71 bits per heavy atom. The number of alkyl halides is 1. The van der Waals surface area contributed by atoms with E-state index in [4.69, 9.17) is 11.6 Å². The fraction of sp³-hybridized carbons (Fsp3) is 0.417. The van der Waals surface area contributed by atoms with E-state index in [0.29, 0.717) is 15.4 Å². The van der Waals surface area contributed by atoms with Crippen LogP contribution in [0, 0.1) is 0 Å². The molecule has 1 rings (SSSR count). The molecule has 0 fully saturated rings. The number of carbonyl (C=O) groups excluding carboxylic acids is 1. The van der Waals surface area contributed by atoms with E-state index >= 15 is 0 Å². The van der Waals surface area contributed by atoms with Gasteiger partial charge in [-0.3, -0.25) is 4.79 Å². The van der Waals surface area contributed by atoms with Crippen molar-refractivity contribution in [1.82, 2.24) is 5.32 Å². The molecule has 2 unspecified atom stereocenters. The highest BCUT2D eigenvalue weighted by Crippen LogP contribution is 2.21. The van der Waals surface area contributed by atoms with Gasteiger partial charge in [0.1, 0.15) is 0 Å². The molecule has 2 atom stereocenters. The quantitative estimate of drug-likeness (QED) is 0.768. The summed E-state index contributed by atoms with van der Waals surface area (Å²) in [5, 5.41) is 3.49. The minimum absolute atomic E-state index is 0.111. The van der Waals surface area contributed by atoms with Crippen LogP contribution in [0.3, 0.4) is 0 Å². The van der Waals surface area contributed by atoms with Gasteiger partial charge in [-0.1, -0.05) is 34.5 Å². The molecular formula is C12H14Br2ClNO. The Kier molecular flexibility index (Phi) is 5.97. The van der Waals surface area contributed by atoms with E-state index in [1.54, 1.807) is 18.2 Å². The largest absolute Gasteiger partial charge is 0.350 e. The minimum atomic E-state index is -0.111. The van der Waals surface area contributed by atoms with Gasteiger partial charge in [-0.15, -0.1) is 0 Å². The predicted octanol–water partition coefficient (Wildman–Crippen LogP) is 4.39. The van der Waals surface area contributed by atoms with E-state index in [9.17, 15) is 4.79 Å². The lowest BCUT2D eigenvalue weighted by atomic mass is 10.1. The Morgan fingerprint density at radius 2 is 2.12 bits per heavy atom. The predicted molar refractivity (Wildman–Crippen MR) is 79.1 cm³/mol. The lowest BCUT2D eigenvalue weighted by molar-refractivity contribution is 0.0938. The van der Waals surface area contributed by atoms with Crippen molar-refractivity contribution in [2.75, 3.05) is 0 Å². The van der Waals surface area contributed by atoms with Gasteiger partial charge in [0, 0.05) is 20.4 Å². The second-order valence-electron chi connectivity index (χ2n) is 4.02. The number of hydrogen-bond donors (Lipinski definition) is 1. The number of rotatable bonds is 4. The average molecular weight is 384 g/mol. The molecule has 17 heavy (non-hydrogen) atoms. The molecule has 5 heteroatoms. The number of hydrogen-bond acceptors (Lipinski definition) is 1. The monoisotopic (exact) mass is 381 g/mol. The van der Waals surface area contributed by atoms with E-state index in [2.05, 4.69) is 44.1 Å². The van der Waals surface area contributed by atoms with E-state index in [1.807, 2.05) is 6.92 Å². The molecule has 94 valence electrons. The van der Waals surface area contributed by atoms with Gasteiger partial charge in [0.05, 0.1) is 5.56 Å². The Balaban J connectivity index is 2.73. The first kappa shape index (κ1) is 15.0. The molecule has 0 bridgehead atoms. The van der Waals surface area contributed by atoms with Crippen LogP contribution in [-0.2, 0) is 0 Å². The van der Waals surface area contributed by atoms with Gasteiger partial charge in [0.2, 0.25) is 0 Å². The van der Waals surface area contributed by atoms with Gasteiger partial charge in [0.15, 0.2) is 0 Å². The summed E-state index contributed by atoms with van der Waals surface area (Å²) in [6.45, 7) is 4.03. The van der Waals surface area contributed by atoms with Gasteiger partial charge < -0.3 is 5.32 Å². The summed E-state index contributed by atoms with van der Waals surface area (Å²) in [6, 6.07) is 5.29. The first-order valence-corrected chi connectivity index (χ1v) is 7.38. The molecule has 0 aromatic heterocycles. The lowest BCUT2D eigenvalue weighted by Gasteiger charge is -2.15. The molecule has 1 aromatic rings. The van der Waals surface area contributed by atoms with E-state index in [-0.39, 0.29) is 11.9 Å². The van der Waals surface area contributed by atoms with Gasteiger partial charge in [0.25, 0.3) is 5.91 Å². The molecule has 0 saturated heterocycles. The van der Waals surface area contributed by atoms with Crippen LogP contribution in [0.2, 0.25) is 5.02 Å². The fourth-order valence-electron chi connectivity index (χ4n) is 1.52. The third-order valence-corrected chi connectivity index (χ3v) is 3.53. The highest BCUT2D eigenvalue weighted by molar-refractivity contribution is 9.10. The molecule has 0 saturated carbocycles. The Morgan fingerprint density at radius 1 is 1.47 bits per heavy atom. The van der Waals surface area contributed by atoms with Crippen molar-refractivity contribution in [2.24, 2.45) is 0 Å². The van der Waals surface area contributed by atoms with Crippen LogP contribution in [0.15, 0.2) is 22.7 Å². The molecule has 1 N–H and O–H groups in total. The summed E-state index contributed by atoms with van der Waals surface area (Å²) in [7, 11) is 0. The summed E-state index contributed by atoms with van der Waals surface area (Å²) in [5.74, 6) is -0.111. The van der Waals surface area contributed by atoms with Gasteiger partial charge in [-0.2, -0.15) is 0 Å². The van der Waals surface area contributed by atoms with Crippen LogP contribution in [0.5, 0.6) is 0 Å². The van der Waals surface area contributed by atoms with Crippen molar-refractivity contribution in [2.45, 2.75) is 31.1 Å². The molecule has 2 nitrogen and oxygen atoms in total.